The molecule has 0 saturated heterocycles. The van der Waals surface area contributed by atoms with E-state index in [0.717, 1.165) is 24.2 Å². The lowest BCUT2D eigenvalue weighted by Crippen LogP contribution is -2.31. The topological polar surface area (TPSA) is 48.1 Å². The van der Waals surface area contributed by atoms with E-state index in [2.05, 4.69) is 27.3 Å². The van der Waals surface area contributed by atoms with Gasteiger partial charge in [0.1, 0.15) is 0 Å². The lowest BCUT2D eigenvalue weighted by Gasteiger charge is -2.21. The van der Waals surface area contributed by atoms with E-state index >= 15 is 0 Å². The SMILES string of the molecule is Cc1[nH]ccc1C(=O)N[C@@H](CCN(C)C)c1ccccc1. The lowest BCUT2D eigenvalue weighted by molar-refractivity contribution is 0.0932. The second kappa shape index (κ2) is 7.09. The Bertz CT molecular complexity index is 575. The Labute approximate surface area is 126 Å². The molecule has 0 unspecified atom stereocenters. The number of hydrogen-bond acceptors (Lipinski definition) is 2. The standard InChI is InChI=1S/C17H23N3O/c1-13-15(9-11-18-13)17(21)19-16(10-12-20(2)3)14-7-5-4-6-8-14/h4-9,11,16,18H,10,12H2,1-3H3,(H,19,21)/t16-/m0/s1. The highest BCUT2D eigenvalue weighted by atomic mass is 16.1. The number of aryl methyl sites for hydroxylation is 1. The van der Waals surface area contributed by atoms with Gasteiger partial charge in [-0.15, -0.1) is 0 Å². The highest BCUT2D eigenvalue weighted by molar-refractivity contribution is 5.95. The first-order valence-electron chi connectivity index (χ1n) is 7.22. The van der Waals surface area contributed by atoms with Gasteiger partial charge in [0.15, 0.2) is 0 Å². The summed E-state index contributed by atoms with van der Waals surface area (Å²) in [6.07, 6.45) is 2.67. The average molecular weight is 285 g/mol. The van der Waals surface area contributed by atoms with E-state index in [4.69, 9.17) is 0 Å². The summed E-state index contributed by atoms with van der Waals surface area (Å²) in [7, 11) is 4.08. The molecule has 0 spiro atoms. The minimum Gasteiger partial charge on any atom is -0.365 e. The van der Waals surface area contributed by atoms with Crippen LogP contribution in [-0.2, 0) is 0 Å². The first-order valence-corrected chi connectivity index (χ1v) is 7.22. The second-order valence-electron chi connectivity index (χ2n) is 5.55. The van der Waals surface area contributed by atoms with Crippen LogP contribution in [-0.4, -0.2) is 36.4 Å². The third kappa shape index (κ3) is 4.20. The van der Waals surface area contributed by atoms with Crippen molar-refractivity contribution in [2.45, 2.75) is 19.4 Å². The number of aromatic nitrogens is 1. The zero-order chi connectivity index (χ0) is 15.2. The van der Waals surface area contributed by atoms with Crippen molar-refractivity contribution in [2.75, 3.05) is 20.6 Å². The summed E-state index contributed by atoms with van der Waals surface area (Å²) < 4.78 is 0. The Morgan fingerprint density at radius 2 is 1.95 bits per heavy atom. The van der Waals surface area contributed by atoms with Gasteiger partial charge in [0.2, 0.25) is 0 Å². The first kappa shape index (κ1) is 15.3. The molecule has 1 heterocycles. The fourth-order valence-corrected chi connectivity index (χ4v) is 2.33. The summed E-state index contributed by atoms with van der Waals surface area (Å²) in [5.41, 5.74) is 2.74. The lowest BCUT2D eigenvalue weighted by atomic mass is 10.0. The molecule has 112 valence electrons. The fraction of sp³-hybridized carbons (Fsp3) is 0.353. The van der Waals surface area contributed by atoms with E-state index in [1.165, 1.54) is 0 Å². The van der Waals surface area contributed by atoms with Gasteiger partial charge in [-0.3, -0.25) is 4.79 Å². The van der Waals surface area contributed by atoms with E-state index < -0.39 is 0 Å². The van der Waals surface area contributed by atoms with Crippen LogP contribution in [0.5, 0.6) is 0 Å². The third-order valence-electron chi connectivity index (χ3n) is 3.57. The summed E-state index contributed by atoms with van der Waals surface area (Å²) in [5.74, 6) is -0.0265. The number of H-pyrrole nitrogens is 1. The molecule has 0 fully saturated rings. The Balaban J connectivity index is 2.12. The van der Waals surface area contributed by atoms with Gasteiger partial charge in [-0.25, -0.2) is 0 Å². The van der Waals surface area contributed by atoms with Crippen LogP contribution in [0.4, 0.5) is 0 Å². The summed E-state index contributed by atoms with van der Waals surface area (Å²) in [4.78, 5) is 17.6. The fourth-order valence-electron chi connectivity index (χ4n) is 2.33. The minimum absolute atomic E-state index is 0.0235. The number of rotatable bonds is 6. The van der Waals surface area contributed by atoms with Crippen molar-refractivity contribution in [2.24, 2.45) is 0 Å². The number of carbonyl (C=O) groups excluding carboxylic acids is 1. The predicted octanol–water partition coefficient (Wildman–Crippen LogP) is 2.75. The molecule has 1 atom stereocenters. The zero-order valence-corrected chi connectivity index (χ0v) is 12.9. The normalized spacial score (nSPS) is 12.4. The van der Waals surface area contributed by atoms with E-state index in [1.54, 1.807) is 6.20 Å². The molecule has 0 aliphatic rings. The molecular formula is C17H23N3O. The second-order valence-corrected chi connectivity index (χ2v) is 5.55. The molecule has 0 aliphatic carbocycles. The molecule has 1 aromatic carbocycles. The Kier molecular flexibility index (Phi) is 5.17. The molecule has 0 bridgehead atoms. The molecular weight excluding hydrogens is 262 g/mol. The summed E-state index contributed by atoms with van der Waals surface area (Å²) in [5, 5.41) is 3.15. The molecule has 1 amide bonds. The van der Waals surface area contributed by atoms with Crippen molar-refractivity contribution >= 4 is 5.91 Å². The number of hydrogen-bond donors (Lipinski definition) is 2. The Hall–Kier alpha value is -2.07. The number of nitrogens with one attached hydrogen (secondary N) is 2. The Morgan fingerprint density at radius 1 is 1.24 bits per heavy atom. The maximum atomic E-state index is 12.4. The molecule has 4 heteroatoms. The van der Waals surface area contributed by atoms with Crippen molar-refractivity contribution in [1.82, 2.24) is 15.2 Å². The summed E-state index contributed by atoms with van der Waals surface area (Å²) in [6.45, 7) is 2.83. The van der Waals surface area contributed by atoms with Gasteiger partial charge in [0.25, 0.3) is 5.91 Å². The van der Waals surface area contributed by atoms with Crippen LogP contribution in [0.25, 0.3) is 0 Å². The van der Waals surface area contributed by atoms with Crippen LogP contribution >= 0.6 is 0 Å². The van der Waals surface area contributed by atoms with Gasteiger partial charge in [0, 0.05) is 11.9 Å². The van der Waals surface area contributed by atoms with Crippen molar-refractivity contribution < 1.29 is 4.79 Å². The first-order chi connectivity index (χ1) is 10.1. The van der Waals surface area contributed by atoms with Gasteiger partial charge < -0.3 is 15.2 Å². The van der Waals surface area contributed by atoms with Gasteiger partial charge in [0.05, 0.1) is 11.6 Å². The van der Waals surface area contributed by atoms with E-state index in [-0.39, 0.29) is 11.9 Å². The molecule has 2 aromatic rings. The van der Waals surface area contributed by atoms with Crippen LogP contribution in [0.15, 0.2) is 42.6 Å². The van der Waals surface area contributed by atoms with Crippen molar-refractivity contribution in [1.29, 1.82) is 0 Å². The molecule has 4 nitrogen and oxygen atoms in total. The van der Waals surface area contributed by atoms with Gasteiger partial charge >= 0.3 is 0 Å². The number of benzene rings is 1. The highest BCUT2D eigenvalue weighted by Gasteiger charge is 2.17. The molecule has 2 N–H and O–H groups in total. The average Bonchev–Trinajstić information content (AvgIpc) is 2.90. The van der Waals surface area contributed by atoms with Gasteiger partial charge in [-0.2, -0.15) is 0 Å². The van der Waals surface area contributed by atoms with Crippen LogP contribution in [0.1, 0.15) is 34.1 Å². The van der Waals surface area contributed by atoms with Crippen LogP contribution < -0.4 is 5.32 Å². The highest BCUT2D eigenvalue weighted by Crippen LogP contribution is 2.18. The summed E-state index contributed by atoms with van der Waals surface area (Å²) >= 11 is 0. The van der Waals surface area contributed by atoms with Crippen molar-refractivity contribution in [3.63, 3.8) is 0 Å². The third-order valence-corrected chi connectivity index (χ3v) is 3.57. The number of carbonyl (C=O) groups is 1. The molecule has 21 heavy (non-hydrogen) atoms. The van der Waals surface area contributed by atoms with Crippen LogP contribution in [0.3, 0.4) is 0 Å². The van der Waals surface area contributed by atoms with E-state index in [0.29, 0.717) is 5.56 Å². The number of aromatic amines is 1. The van der Waals surface area contributed by atoms with Gasteiger partial charge in [-0.1, -0.05) is 30.3 Å². The number of amides is 1. The quantitative estimate of drug-likeness (QED) is 0.857. The van der Waals surface area contributed by atoms with E-state index in [9.17, 15) is 4.79 Å². The largest absolute Gasteiger partial charge is 0.365 e. The molecule has 2 rings (SSSR count). The van der Waals surface area contributed by atoms with Gasteiger partial charge in [-0.05, 0) is 45.6 Å². The molecule has 0 radical (unpaired) electrons. The predicted molar refractivity (Wildman–Crippen MR) is 85.3 cm³/mol. The maximum Gasteiger partial charge on any atom is 0.253 e. The Morgan fingerprint density at radius 3 is 2.52 bits per heavy atom. The molecule has 1 aromatic heterocycles. The number of nitrogens with zero attached hydrogens (tertiary/aromatic N) is 1. The van der Waals surface area contributed by atoms with Crippen molar-refractivity contribution in [3.8, 4) is 0 Å². The monoisotopic (exact) mass is 285 g/mol. The summed E-state index contributed by atoms with van der Waals surface area (Å²) in [6, 6.07) is 12.0. The maximum absolute atomic E-state index is 12.4. The zero-order valence-electron chi connectivity index (χ0n) is 12.9. The molecule has 0 aliphatic heterocycles. The van der Waals surface area contributed by atoms with Crippen molar-refractivity contribution in [3.05, 3.63) is 59.4 Å². The minimum atomic E-state index is -0.0265. The van der Waals surface area contributed by atoms with Crippen LogP contribution in [0.2, 0.25) is 0 Å². The smallest absolute Gasteiger partial charge is 0.253 e. The van der Waals surface area contributed by atoms with E-state index in [1.807, 2.05) is 45.3 Å². The molecule has 0 saturated carbocycles. The van der Waals surface area contributed by atoms with Crippen LogP contribution in [0, 0.1) is 6.92 Å².